The first-order chi connectivity index (χ1) is 20.4. The molecule has 1 aliphatic rings. The summed E-state index contributed by atoms with van der Waals surface area (Å²) < 4.78 is 32.3. The molecule has 0 aliphatic carbocycles. The van der Waals surface area contributed by atoms with Gasteiger partial charge in [-0.05, 0) is 35.5 Å². The second-order valence-electron chi connectivity index (χ2n) is 14.3. The molecule has 240 valence electrons. The molecule has 7 nitrogen and oxygen atoms in total. The highest BCUT2D eigenvalue weighted by molar-refractivity contribution is 7.59. The van der Waals surface area contributed by atoms with E-state index in [0.29, 0.717) is 6.04 Å². The van der Waals surface area contributed by atoms with E-state index >= 15 is 0 Å². The molecule has 1 fully saturated rings. The van der Waals surface area contributed by atoms with Crippen molar-refractivity contribution in [2.45, 2.75) is 101 Å². The number of rotatable bonds is 13. The lowest BCUT2D eigenvalue weighted by Gasteiger charge is -2.50. The maximum Gasteiger partial charge on any atom is 0.250 e. The van der Waals surface area contributed by atoms with Crippen molar-refractivity contribution >= 4 is 48.5 Å². The zero-order valence-corrected chi connectivity index (χ0v) is 30.9. The Morgan fingerprint density at radius 3 is 1.93 bits per heavy atom. The predicted molar refractivity (Wildman–Crippen MR) is 187 cm³/mol. The highest BCUT2D eigenvalue weighted by Crippen LogP contribution is 2.56. The van der Waals surface area contributed by atoms with Gasteiger partial charge in [-0.25, -0.2) is 0 Å². The van der Waals surface area contributed by atoms with Crippen molar-refractivity contribution in [2.75, 3.05) is 20.3 Å². The number of nitrogens with zero attached hydrogens (tertiary/aromatic N) is 1. The van der Waals surface area contributed by atoms with Crippen LogP contribution in [0.5, 0.6) is 0 Å². The number of aliphatic hydroxyl groups is 1. The second kappa shape index (κ2) is 14.1. The average Bonchev–Trinajstić information content (AvgIpc) is 3.20. The molecule has 44 heavy (non-hydrogen) atoms. The van der Waals surface area contributed by atoms with Gasteiger partial charge in [0.1, 0.15) is 27.6 Å². The summed E-state index contributed by atoms with van der Waals surface area (Å²) in [4.78, 5) is 0. The monoisotopic (exact) mass is 655 g/mol. The van der Waals surface area contributed by atoms with Crippen LogP contribution in [0.3, 0.4) is 0 Å². The Balaban J connectivity index is 2.29. The molecule has 1 N–H and O–H groups in total. The summed E-state index contributed by atoms with van der Waals surface area (Å²) in [7, 11) is -0.163. The van der Waals surface area contributed by atoms with Crippen molar-refractivity contribution in [3.63, 3.8) is 0 Å². The van der Waals surface area contributed by atoms with Crippen LogP contribution in [0.2, 0.25) is 29.2 Å². The smallest absolute Gasteiger partial charge is 0.250 e. The minimum Gasteiger partial charge on any atom is -0.409 e. The van der Waals surface area contributed by atoms with Crippen LogP contribution < -0.4 is 10.4 Å². The van der Waals surface area contributed by atoms with Crippen molar-refractivity contribution in [1.82, 2.24) is 0 Å². The Hall–Kier alpha value is -1.51. The molecule has 1 saturated heterocycles. The van der Waals surface area contributed by atoms with E-state index in [1.54, 1.807) is 0 Å². The van der Waals surface area contributed by atoms with E-state index in [0.717, 1.165) is 0 Å². The van der Waals surface area contributed by atoms with Gasteiger partial charge in [0.25, 0.3) is 7.57 Å². The van der Waals surface area contributed by atoms with Crippen molar-refractivity contribution in [3.8, 4) is 6.07 Å². The fraction of sp³-hybridized carbons (Fsp3) is 0.576. The molecule has 2 unspecified atom stereocenters. The van der Waals surface area contributed by atoms with Gasteiger partial charge in [0, 0.05) is 13.1 Å². The van der Waals surface area contributed by atoms with E-state index in [-0.39, 0.29) is 29.7 Å². The van der Waals surface area contributed by atoms with Crippen LogP contribution in [-0.2, 0) is 22.7 Å². The Labute approximate surface area is 269 Å². The fourth-order valence-corrected chi connectivity index (χ4v) is 14.3. The van der Waals surface area contributed by atoms with Crippen molar-refractivity contribution in [2.24, 2.45) is 0 Å². The van der Waals surface area contributed by atoms with Gasteiger partial charge < -0.3 is 27.8 Å². The third-order valence-corrected chi connectivity index (χ3v) is 21.9. The molecule has 2 radical (unpaired) electrons. The largest absolute Gasteiger partial charge is 0.409 e. The lowest BCUT2D eigenvalue weighted by molar-refractivity contribution is -0.0833. The van der Waals surface area contributed by atoms with Gasteiger partial charge in [-0.15, -0.1) is 0 Å². The van der Waals surface area contributed by atoms with Crippen LogP contribution in [0.4, 0.5) is 0 Å². The number of hydrogen-bond acceptors (Lipinski definition) is 7. The molecule has 1 heterocycles. The average molecular weight is 656 g/mol. The van der Waals surface area contributed by atoms with E-state index in [4.69, 9.17) is 35.8 Å². The van der Waals surface area contributed by atoms with Crippen molar-refractivity contribution in [1.29, 1.82) is 5.26 Å². The molecular formula is C33H51BNO6PSi2. The number of nitriles is 1. The molecule has 3 rings (SSSR count). The molecule has 11 heteroatoms. The molecule has 2 aromatic rings. The summed E-state index contributed by atoms with van der Waals surface area (Å²) in [6.07, 6.45) is 2.77. The molecule has 0 spiro atoms. The van der Waals surface area contributed by atoms with Crippen LogP contribution in [0, 0.1) is 11.3 Å². The third kappa shape index (κ3) is 7.54. The fourth-order valence-electron chi connectivity index (χ4n) is 5.93. The van der Waals surface area contributed by atoms with Gasteiger partial charge in [-0.3, -0.25) is 0 Å². The molecule has 2 aromatic carbocycles. The number of ether oxygens (including phenoxy) is 1. The van der Waals surface area contributed by atoms with E-state index in [9.17, 15) is 5.11 Å². The first-order valence-electron chi connectivity index (χ1n) is 15.2. The maximum absolute atomic E-state index is 11.5. The SMILES string of the molecule is [B][C@@H]1O[C@](CO)(C[Si](c2ccccc2)(c2ccccc2)C(C)(C)C)[C@H](OP(=C)(OC)OCCC#N)C1O[Si](C)(C)C(C)(C)C. The van der Waals surface area contributed by atoms with E-state index in [2.05, 4.69) is 116 Å². The Morgan fingerprint density at radius 1 is 1.00 bits per heavy atom. The summed E-state index contributed by atoms with van der Waals surface area (Å²) >= 11 is 0. The summed E-state index contributed by atoms with van der Waals surface area (Å²) in [6.45, 7) is 17.3. The summed E-state index contributed by atoms with van der Waals surface area (Å²) in [6, 6.07) is 22.7. The summed E-state index contributed by atoms with van der Waals surface area (Å²) in [5.41, 5.74) is -1.28. The van der Waals surface area contributed by atoms with Gasteiger partial charge >= 0.3 is 0 Å². The van der Waals surface area contributed by atoms with Gasteiger partial charge in [0.15, 0.2) is 8.32 Å². The minimum absolute atomic E-state index is 0.0931. The van der Waals surface area contributed by atoms with Crippen LogP contribution in [0.25, 0.3) is 0 Å². The first-order valence-corrected chi connectivity index (χ1v) is 22.1. The lowest BCUT2D eigenvalue weighted by atomic mass is 9.90. The second-order valence-corrected chi connectivity index (χ2v) is 25.9. The molecular weight excluding hydrogens is 604 g/mol. The van der Waals surface area contributed by atoms with Crippen molar-refractivity contribution < 1.29 is 27.8 Å². The van der Waals surface area contributed by atoms with E-state index in [1.807, 2.05) is 12.1 Å². The van der Waals surface area contributed by atoms with Gasteiger partial charge in [-0.1, -0.05) is 113 Å². The minimum atomic E-state index is -3.24. The molecule has 1 aliphatic heterocycles. The predicted octanol–water partition coefficient (Wildman–Crippen LogP) is 5.85. The normalized spacial score (nSPS) is 24.5. The van der Waals surface area contributed by atoms with Gasteiger partial charge in [0.2, 0.25) is 0 Å². The molecule has 5 atom stereocenters. The molecule has 0 aromatic heterocycles. The quantitative estimate of drug-likeness (QED) is 0.165. The Kier molecular flexibility index (Phi) is 11.8. The Morgan fingerprint density at radius 2 is 1.52 bits per heavy atom. The standard InChI is InChI=1S/C33H51BNO6PSi2/c1-31(2,3)43(9,10)41-28-29(40-42(8,37-7)38-23-17-22-35)33(24-36,39-30(28)34)25-44(32(4,5)6,26-18-13-11-14-19-26)27-20-15-12-16-21-27/h11-16,18-21,28-30,36H,8,17,23-25H2,1-7,9-10H3/t28?,29-,30-,33-,42?/m1/s1. The maximum atomic E-state index is 11.5. The zero-order chi connectivity index (χ0) is 33.0. The van der Waals surface area contributed by atoms with E-state index in [1.165, 1.54) is 17.5 Å². The van der Waals surface area contributed by atoms with Crippen molar-refractivity contribution in [3.05, 3.63) is 60.7 Å². The number of aliphatic hydroxyl groups excluding tert-OH is 1. The third-order valence-electron chi connectivity index (χ3n) is 9.45. The number of benzene rings is 2. The van der Waals surface area contributed by atoms with Gasteiger partial charge in [0.05, 0.1) is 31.8 Å². The van der Waals surface area contributed by atoms with E-state index < -0.39 is 47.8 Å². The van der Waals surface area contributed by atoms with Crippen LogP contribution in [0.15, 0.2) is 60.7 Å². The summed E-state index contributed by atoms with van der Waals surface area (Å²) in [5, 5.41) is 22.7. The highest BCUT2D eigenvalue weighted by Gasteiger charge is 2.63. The highest BCUT2D eigenvalue weighted by atomic mass is 31.2. The summed E-state index contributed by atoms with van der Waals surface area (Å²) in [5.74, 6) is 0. The van der Waals surface area contributed by atoms with Gasteiger partial charge in [-0.2, -0.15) is 5.26 Å². The zero-order valence-electron chi connectivity index (χ0n) is 28.0. The van der Waals surface area contributed by atoms with Crippen LogP contribution in [-0.4, -0.2) is 79.8 Å². The van der Waals surface area contributed by atoms with Crippen LogP contribution >= 0.6 is 7.57 Å². The van der Waals surface area contributed by atoms with Crippen LogP contribution in [0.1, 0.15) is 48.0 Å². The molecule has 0 saturated carbocycles. The lowest BCUT2D eigenvalue weighted by Crippen LogP contribution is -2.69. The number of hydrogen-bond donors (Lipinski definition) is 1. The first kappa shape index (κ1) is 37.0. The Bertz CT molecular complexity index is 1270. The molecule has 0 bridgehead atoms. The molecule has 0 amide bonds. The topological polar surface area (TPSA) is 90.2 Å².